The summed E-state index contributed by atoms with van der Waals surface area (Å²) in [4.78, 5) is 33.9. The van der Waals surface area contributed by atoms with Gasteiger partial charge in [-0.25, -0.2) is 4.79 Å². The standard InChI is InChI=1S/C25H18IN3O7/c1-35-22-11-16(9-18(13-27)24(30)28-19-3-2-4-20(12-19)29(33)34)10-21(26)23(22)36-14-15-5-7-17(8-6-15)25(31)32/h2-12H,14H2,1H3,(H,28,30)(H,31,32)/b18-9+. The van der Waals surface area contributed by atoms with Crippen molar-refractivity contribution >= 4 is 51.9 Å². The molecule has 182 valence electrons. The smallest absolute Gasteiger partial charge is 0.335 e. The number of nitriles is 1. The first-order chi connectivity index (χ1) is 17.2. The molecule has 0 unspecified atom stereocenters. The number of anilines is 1. The second-order valence-electron chi connectivity index (χ2n) is 7.26. The zero-order chi connectivity index (χ0) is 26.2. The highest BCUT2D eigenvalue weighted by Crippen LogP contribution is 2.35. The molecule has 11 heteroatoms. The molecule has 36 heavy (non-hydrogen) atoms. The number of carboxylic acid groups (broad SMARTS) is 1. The average molecular weight is 599 g/mol. The van der Waals surface area contributed by atoms with E-state index in [-0.39, 0.29) is 29.1 Å². The average Bonchev–Trinajstić information content (AvgIpc) is 2.86. The van der Waals surface area contributed by atoms with Gasteiger partial charge in [-0.15, -0.1) is 0 Å². The number of benzene rings is 3. The van der Waals surface area contributed by atoms with Gasteiger partial charge in [-0.05, 0) is 70.1 Å². The van der Waals surface area contributed by atoms with Crippen LogP contribution in [0.4, 0.5) is 11.4 Å². The second kappa shape index (κ2) is 11.8. The van der Waals surface area contributed by atoms with Crippen molar-refractivity contribution in [3.05, 3.63) is 96.6 Å². The third-order valence-corrected chi connectivity index (χ3v) is 5.63. The third kappa shape index (κ3) is 6.57. The zero-order valence-electron chi connectivity index (χ0n) is 18.7. The van der Waals surface area contributed by atoms with E-state index in [0.717, 1.165) is 5.56 Å². The van der Waals surface area contributed by atoms with Gasteiger partial charge in [-0.3, -0.25) is 14.9 Å². The summed E-state index contributed by atoms with van der Waals surface area (Å²) < 4.78 is 12.0. The maximum atomic E-state index is 12.6. The van der Waals surface area contributed by atoms with Crippen LogP contribution in [0, 0.1) is 25.0 Å². The summed E-state index contributed by atoms with van der Waals surface area (Å²) in [6.07, 6.45) is 1.37. The van der Waals surface area contributed by atoms with Gasteiger partial charge < -0.3 is 19.9 Å². The van der Waals surface area contributed by atoms with Gasteiger partial charge in [0.25, 0.3) is 11.6 Å². The Morgan fingerprint density at radius 2 is 1.92 bits per heavy atom. The monoisotopic (exact) mass is 599 g/mol. The van der Waals surface area contributed by atoms with Gasteiger partial charge in [-0.1, -0.05) is 18.2 Å². The molecule has 0 spiro atoms. The van der Waals surface area contributed by atoms with Crippen molar-refractivity contribution in [2.45, 2.75) is 6.61 Å². The van der Waals surface area contributed by atoms with E-state index in [1.807, 2.05) is 28.7 Å². The number of carboxylic acids is 1. The predicted molar refractivity (Wildman–Crippen MR) is 139 cm³/mol. The lowest BCUT2D eigenvalue weighted by molar-refractivity contribution is -0.384. The summed E-state index contributed by atoms with van der Waals surface area (Å²) in [7, 11) is 1.45. The lowest BCUT2D eigenvalue weighted by atomic mass is 10.1. The number of nitro benzene ring substituents is 1. The van der Waals surface area contributed by atoms with E-state index in [4.69, 9.17) is 14.6 Å². The lowest BCUT2D eigenvalue weighted by Crippen LogP contribution is -2.13. The summed E-state index contributed by atoms with van der Waals surface area (Å²) in [5.74, 6) is -0.932. The highest BCUT2D eigenvalue weighted by molar-refractivity contribution is 14.1. The number of hydrogen-bond acceptors (Lipinski definition) is 7. The van der Waals surface area contributed by atoms with E-state index in [2.05, 4.69) is 5.32 Å². The van der Waals surface area contributed by atoms with E-state index in [1.54, 1.807) is 24.3 Å². The number of carbonyl (C=O) groups excluding carboxylic acids is 1. The molecule has 1 amide bonds. The molecule has 3 aromatic rings. The number of carbonyl (C=O) groups is 2. The van der Waals surface area contributed by atoms with Crippen LogP contribution < -0.4 is 14.8 Å². The molecule has 0 saturated carbocycles. The van der Waals surface area contributed by atoms with Gasteiger partial charge in [0.15, 0.2) is 11.5 Å². The minimum atomic E-state index is -1.02. The molecule has 0 radical (unpaired) electrons. The number of nitrogens with zero attached hydrogens (tertiary/aromatic N) is 2. The number of nitro groups is 1. The zero-order valence-corrected chi connectivity index (χ0v) is 20.9. The molecule has 0 atom stereocenters. The summed E-state index contributed by atoms with van der Waals surface area (Å²) in [5.41, 5.74) is 1.20. The van der Waals surface area contributed by atoms with Gasteiger partial charge in [0.1, 0.15) is 18.2 Å². The molecule has 3 rings (SSSR count). The summed E-state index contributed by atoms with van der Waals surface area (Å²) in [6.45, 7) is 0.163. The maximum absolute atomic E-state index is 12.6. The van der Waals surface area contributed by atoms with Crippen LogP contribution in [0.5, 0.6) is 11.5 Å². The molecule has 0 fully saturated rings. The van der Waals surface area contributed by atoms with Crippen LogP contribution in [-0.2, 0) is 11.4 Å². The van der Waals surface area contributed by atoms with E-state index < -0.39 is 16.8 Å². The molecule has 0 aliphatic rings. The summed E-state index contributed by atoms with van der Waals surface area (Å²) in [6, 6.07) is 16.8. The van der Waals surface area contributed by atoms with Gasteiger partial charge >= 0.3 is 5.97 Å². The van der Waals surface area contributed by atoms with Gasteiger partial charge in [0.05, 0.1) is 21.2 Å². The third-order valence-electron chi connectivity index (χ3n) is 4.83. The van der Waals surface area contributed by atoms with Crippen LogP contribution in [0.2, 0.25) is 0 Å². The normalized spacial score (nSPS) is 10.8. The number of hydrogen-bond donors (Lipinski definition) is 2. The number of nitrogens with one attached hydrogen (secondary N) is 1. The minimum absolute atomic E-state index is 0.163. The van der Waals surface area contributed by atoms with Crippen molar-refractivity contribution in [3.63, 3.8) is 0 Å². The fourth-order valence-corrected chi connectivity index (χ4v) is 3.85. The molecular weight excluding hydrogens is 581 g/mol. The SMILES string of the molecule is COc1cc(/C=C(\C#N)C(=O)Nc2cccc([N+](=O)[O-])c2)cc(I)c1OCc1ccc(C(=O)O)cc1. The molecule has 0 bridgehead atoms. The van der Waals surface area contributed by atoms with Crippen molar-refractivity contribution in [2.75, 3.05) is 12.4 Å². The van der Waals surface area contributed by atoms with Gasteiger partial charge in [-0.2, -0.15) is 5.26 Å². The number of halogens is 1. The predicted octanol–water partition coefficient (Wildman–Crippen LogP) is 5.03. The van der Waals surface area contributed by atoms with E-state index in [1.165, 1.54) is 49.6 Å². The Hall–Kier alpha value is -4.44. The van der Waals surface area contributed by atoms with Crippen LogP contribution >= 0.6 is 22.6 Å². The van der Waals surface area contributed by atoms with Crippen molar-refractivity contribution in [2.24, 2.45) is 0 Å². The van der Waals surface area contributed by atoms with Crippen molar-refractivity contribution in [1.82, 2.24) is 0 Å². The molecule has 0 aliphatic heterocycles. The lowest BCUT2D eigenvalue weighted by Gasteiger charge is -2.14. The topological polar surface area (TPSA) is 152 Å². The number of ether oxygens (including phenoxy) is 2. The summed E-state index contributed by atoms with van der Waals surface area (Å²) >= 11 is 2.04. The van der Waals surface area contributed by atoms with Gasteiger partial charge in [0.2, 0.25) is 0 Å². The largest absolute Gasteiger partial charge is 0.493 e. The Morgan fingerprint density at radius 1 is 1.19 bits per heavy atom. The molecule has 0 heterocycles. The quantitative estimate of drug-likeness (QED) is 0.114. The molecule has 2 N–H and O–H groups in total. The van der Waals surface area contributed by atoms with E-state index in [9.17, 15) is 25.0 Å². The minimum Gasteiger partial charge on any atom is -0.493 e. The van der Waals surface area contributed by atoms with Crippen molar-refractivity contribution in [1.29, 1.82) is 5.26 Å². The van der Waals surface area contributed by atoms with E-state index >= 15 is 0 Å². The molecule has 0 aromatic heterocycles. The Kier molecular flexibility index (Phi) is 8.58. The summed E-state index contributed by atoms with van der Waals surface area (Å²) in [5, 5.41) is 31.9. The Labute approximate surface area is 219 Å². The van der Waals surface area contributed by atoms with Crippen LogP contribution in [-0.4, -0.2) is 29.0 Å². The fraction of sp³-hybridized carbons (Fsp3) is 0.0800. The first kappa shape index (κ1) is 26.2. The number of aromatic carboxylic acids is 1. The van der Waals surface area contributed by atoms with Crippen LogP contribution in [0.15, 0.2) is 66.2 Å². The molecule has 0 saturated heterocycles. The Balaban J connectivity index is 1.79. The number of methoxy groups -OCH3 is 1. The van der Waals surface area contributed by atoms with Crippen molar-refractivity contribution < 1.29 is 29.1 Å². The number of rotatable bonds is 9. The molecular formula is C25H18IN3O7. The molecule has 0 aliphatic carbocycles. The first-order valence-corrected chi connectivity index (χ1v) is 11.3. The number of amides is 1. The molecule has 10 nitrogen and oxygen atoms in total. The Morgan fingerprint density at radius 3 is 2.53 bits per heavy atom. The van der Waals surface area contributed by atoms with Gasteiger partial charge in [0, 0.05) is 17.8 Å². The molecule has 3 aromatic carbocycles. The highest BCUT2D eigenvalue weighted by Gasteiger charge is 2.15. The van der Waals surface area contributed by atoms with Crippen LogP contribution in [0.3, 0.4) is 0 Å². The first-order valence-electron chi connectivity index (χ1n) is 10.2. The Bertz CT molecular complexity index is 1400. The number of non-ortho nitro benzene ring substituents is 1. The second-order valence-corrected chi connectivity index (χ2v) is 8.42. The van der Waals surface area contributed by atoms with Crippen LogP contribution in [0.25, 0.3) is 6.08 Å². The fourth-order valence-electron chi connectivity index (χ4n) is 3.07. The van der Waals surface area contributed by atoms with Crippen LogP contribution in [0.1, 0.15) is 21.5 Å². The highest BCUT2D eigenvalue weighted by atomic mass is 127. The maximum Gasteiger partial charge on any atom is 0.335 e. The van der Waals surface area contributed by atoms with Crippen molar-refractivity contribution in [3.8, 4) is 17.6 Å². The van der Waals surface area contributed by atoms with E-state index in [0.29, 0.717) is 20.6 Å².